The van der Waals surface area contributed by atoms with Crippen molar-refractivity contribution < 1.29 is 8.42 Å². The van der Waals surface area contributed by atoms with Crippen LogP contribution in [0.15, 0.2) is 35.9 Å². The second-order valence-corrected chi connectivity index (χ2v) is 6.37. The van der Waals surface area contributed by atoms with Crippen LogP contribution in [0.1, 0.15) is 6.42 Å². The van der Waals surface area contributed by atoms with Gasteiger partial charge in [0.05, 0.1) is 11.3 Å². The van der Waals surface area contributed by atoms with Gasteiger partial charge >= 0.3 is 0 Å². The molecule has 0 saturated carbocycles. The fourth-order valence-corrected chi connectivity index (χ4v) is 2.97. The van der Waals surface area contributed by atoms with Gasteiger partial charge in [-0.2, -0.15) is 0 Å². The van der Waals surface area contributed by atoms with Crippen molar-refractivity contribution in [2.24, 2.45) is 5.84 Å². The van der Waals surface area contributed by atoms with E-state index in [1.807, 2.05) is 10.8 Å². The molecule has 10 heteroatoms. The van der Waals surface area contributed by atoms with E-state index in [1.165, 1.54) is 12.3 Å². The minimum Gasteiger partial charge on any atom is -0.337 e. The van der Waals surface area contributed by atoms with Crippen LogP contribution in [0.5, 0.6) is 0 Å². The third-order valence-corrected chi connectivity index (χ3v) is 4.42. The van der Waals surface area contributed by atoms with Crippen molar-refractivity contribution in [3.8, 4) is 0 Å². The number of nitrogens with one attached hydrogen (secondary N) is 2. The molecule has 114 valence electrons. The van der Waals surface area contributed by atoms with Crippen LogP contribution in [0, 0.1) is 0 Å². The number of anilines is 1. The molecule has 0 atom stereocenters. The van der Waals surface area contributed by atoms with Gasteiger partial charge < -0.3 is 9.99 Å². The summed E-state index contributed by atoms with van der Waals surface area (Å²) in [6.45, 7) is 0.979. The van der Waals surface area contributed by atoms with Crippen LogP contribution in [-0.4, -0.2) is 29.5 Å². The monoisotopic (exact) mass is 330 g/mol. The number of hydrogen-bond donors (Lipinski definition) is 3. The van der Waals surface area contributed by atoms with Crippen LogP contribution in [0.2, 0.25) is 5.02 Å². The van der Waals surface area contributed by atoms with E-state index in [-0.39, 0.29) is 15.7 Å². The predicted molar refractivity (Wildman–Crippen MR) is 79.1 cm³/mol. The second-order valence-electron chi connectivity index (χ2n) is 4.20. The summed E-state index contributed by atoms with van der Waals surface area (Å²) < 4.78 is 28.5. The summed E-state index contributed by atoms with van der Waals surface area (Å²) in [5, 5.41) is 0.138. The number of sulfonamides is 1. The summed E-state index contributed by atoms with van der Waals surface area (Å²) in [4.78, 5) is 7.74. The number of rotatable bonds is 7. The summed E-state index contributed by atoms with van der Waals surface area (Å²) in [6.07, 6.45) is 7.00. The summed E-state index contributed by atoms with van der Waals surface area (Å²) in [7, 11) is -3.64. The molecule has 4 N–H and O–H groups in total. The van der Waals surface area contributed by atoms with Gasteiger partial charge in [-0.15, -0.1) is 0 Å². The lowest BCUT2D eigenvalue weighted by molar-refractivity contribution is 0.569. The van der Waals surface area contributed by atoms with Crippen LogP contribution in [-0.2, 0) is 16.6 Å². The molecule has 0 aliphatic carbocycles. The quantitative estimate of drug-likeness (QED) is 0.389. The van der Waals surface area contributed by atoms with Crippen LogP contribution in [0.4, 0.5) is 5.82 Å². The van der Waals surface area contributed by atoms with E-state index in [9.17, 15) is 8.42 Å². The molecular weight excluding hydrogens is 316 g/mol. The summed E-state index contributed by atoms with van der Waals surface area (Å²) >= 11 is 5.86. The van der Waals surface area contributed by atoms with E-state index in [2.05, 4.69) is 20.1 Å². The standard InChI is InChI=1S/C11H15ClN6O2S/c12-10-6-9(7-15-11(10)17-13)21(19,20)16-2-1-4-18-5-3-14-8-18/h3,5-8,16H,1-2,4,13H2,(H,15,17). The van der Waals surface area contributed by atoms with Crippen LogP contribution in [0.25, 0.3) is 0 Å². The Hall–Kier alpha value is -1.68. The summed E-state index contributed by atoms with van der Waals surface area (Å²) in [5.74, 6) is 5.40. The first kappa shape index (κ1) is 15.7. The van der Waals surface area contributed by atoms with Crippen molar-refractivity contribution in [3.63, 3.8) is 0 Å². The fourth-order valence-electron chi connectivity index (χ4n) is 1.64. The number of aryl methyl sites for hydroxylation is 1. The van der Waals surface area contributed by atoms with Gasteiger partial charge in [-0.05, 0) is 12.5 Å². The Balaban J connectivity index is 1.93. The number of nitrogens with two attached hydrogens (primary N) is 1. The molecule has 0 unspecified atom stereocenters. The number of nitrogen functional groups attached to an aromatic ring is 1. The second kappa shape index (κ2) is 6.85. The number of pyridine rings is 1. The van der Waals surface area contributed by atoms with Gasteiger partial charge in [0.2, 0.25) is 10.0 Å². The van der Waals surface area contributed by atoms with Crippen LogP contribution < -0.4 is 16.0 Å². The Labute approximate surface area is 127 Å². The molecule has 0 spiro atoms. The molecule has 0 saturated heterocycles. The Kier molecular flexibility index (Phi) is 5.12. The first-order valence-corrected chi connectivity index (χ1v) is 7.96. The molecule has 0 aliphatic rings. The highest BCUT2D eigenvalue weighted by Crippen LogP contribution is 2.21. The minimum atomic E-state index is -3.64. The Morgan fingerprint density at radius 2 is 2.24 bits per heavy atom. The number of hydrazine groups is 1. The van der Waals surface area contributed by atoms with Crippen molar-refractivity contribution >= 4 is 27.4 Å². The van der Waals surface area contributed by atoms with Gasteiger partial charge in [0.15, 0.2) is 5.82 Å². The van der Waals surface area contributed by atoms with E-state index in [0.717, 1.165) is 0 Å². The van der Waals surface area contributed by atoms with Crippen molar-refractivity contribution in [2.75, 3.05) is 12.0 Å². The number of aromatic nitrogens is 3. The van der Waals surface area contributed by atoms with Gasteiger partial charge in [-0.3, -0.25) is 0 Å². The van der Waals surface area contributed by atoms with E-state index in [1.54, 1.807) is 12.5 Å². The first-order chi connectivity index (χ1) is 10.0. The van der Waals surface area contributed by atoms with Gasteiger partial charge in [0.1, 0.15) is 4.90 Å². The largest absolute Gasteiger partial charge is 0.337 e. The van der Waals surface area contributed by atoms with Gasteiger partial charge in [-0.25, -0.2) is 29.0 Å². The number of imidazole rings is 1. The zero-order chi connectivity index (χ0) is 15.3. The number of nitrogens with zero attached hydrogens (tertiary/aromatic N) is 3. The first-order valence-electron chi connectivity index (χ1n) is 6.10. The normalized spacial score (nSPS) is 11.5. The smallest absolute Gasteiger partial charge is 0.242 e. The fraction of sp³-hybridized carbons (Fsp3) is 0.273. The van der Waals surface area contributed by atoms with E-state index in [0.29, 0.717) is 19.5 Å². The van der Waals surface area contributed by atoms with Crippen molar-refractivity contribution in [2.45, 2.75) is 17.9 Å². The molecule has 2 rings (SSSR count). The number of halogens is 1. The van der Waals surface area contributed by atoms with Crippen LogP contribution in [0.3, 0.4) is 0 Å². The Morgan fingerprint density at radius 1 is 1.43 bits per heavy atom. The lowest BCUT2D eigenvalue weighted by Gasteiger charge is -2.08. The molecule has 0 aromatic carbocycles. The molecule has 0 amide bonds. The highest BCUT2D eigenvalue weighted by Gasteiger charge is 2.15. The zero-order valence-electron chi connectivity index (χ0n) is 11.0. The molecule has 0 bridgehead atoms. The molecule has 0 fully saturated rings. The Morgan fingerprint density at radius 3 is 2.86 bits per heavy atom. The SMILES string of the molecule is NNc1ncc(S(=O)(=O)NCCCn2ccnc2)cc1Cl. The van der Waals surface area contributed by atoms with E-state index < -0.39 is 10.0 Å². The van der Waals surface area contributed by atoms with E-state index in [4.69, 9.17) is 17.4 Å². The molecule has 8 nitrogen and oxygen atoms in total. The molecule has 21 heavy (non-hydrogen) atoms. The lowest BCUT2D eigenvalue weighted by atomic mass is 10.4. The highest BCUT2D eigenvalue weighted by molar-refractivity contribution is 7.89. The lowest BCUT2D eigenvalue weighted by Crippen LogP contribution is -2.25. The van der Waals surface area contributed by atoms with Crippen LogP contribution >= 0.6 is 11.6 Å². The maximum Gasteiger partial charge on any atom is 0.242 e. The Bertz CT molecular complexity index is 689. The molecule has 2 heterocycles. The van der Waals surface area contributed by atoms with Gasteiger partial charge in [0.25, 0.3) is 0 Å². The third kappa shape index (κ3) is 4.14. The van der Waals surface area contributed by atoms with Crippen molar-refractivity contribution in [1.29, 1.82) is 0 Å². The van der Waals surface area contributed by atoms with E-state index >= 15 is 0 Å². The average Bonchev–Trinajstić information content (AvgIpc) is 2.97. The van der Waals surface area contributed by atoms with Gasteiger partial charge in [-0.1, -0.05) is 11.6 Å². The molecule has 2 aromatic rings. The molecule has 2 aromatic heterocycles. The zero-order valence-corrected chi connectivity index (χ0v) is 12.6. The highest BCUT2D eigenvalue weighted by atomic mass is 35.5. The van der Waals surface area contributed by atoms with Crippen molar-refractivity contribution in [3.05, 3.63) is 36.0 Å². The summed E-state index contributed by atoms with van der Waals surface area (Å²) in [5.41, 5.74) is 2.27. The number of hydrogen-bond acceptors (Lipinski definition) is 6. The molecule has 0 aliphatic heterocycles. The maximum atomic E-state index is 12.1. The average molecular weight is 331 g/mol. The maximum absolute atomic E-state index is 12.1. The van der Waals surface area contributed by atoms with Gasteiger partial charge in [0, 0.05) is 31.7 Å². The minimum absolute atomic E-state index is 0.00543. The topological polar surface area (TPSA) is 115 Å². The predicted octanol–water partition coefficient (Wildman–Crippen LogP) is 0.586. The van der Waals surface area contributed by atoms with Crippen molar-refractivity contribution in [1.82, 2.24) is 19.3 Å². The molecule has 0 radical (unpaired) electrons. The molecular formula is C11H15ClN6O2S. The summed E-state index contributed by atoms with van der Waals surface area (Å²) in [6, 6.07) is 1.29. The third-order valence-electron chi connectivity index (χ3n) is 2.71.